The minimum Gasteiger partial charge on any atom is -0.459 e. The Hall–Kier alpha value is -3.31. The van der Waals surface area contributed by atoms with Gasteiger partial charge in [0.25, 0.3) is 0 Å². The highest BCUT2D eigenvalue weighted by molar-refractivity contribution is 6.33. The van der Waals surface area contributed by atoms with Gasteiger partial charge in [-0.1, -0.05) is 17.7 Å². The highest BCUT2D eigenvalue weighted by atomic mass is 35.5. The number of aromatic nitrogens is 4. The number of carbonyl (C=O) groups is 2. The van der Waals surface area contributed by atoms with Gasteiger partial charge in [0.15, 0.2) is 28.8 Å². The van der Waals surface area contributed by atoms with Crippen molar-refractivity contribution in [2.45, 2.75) is 31.0 Å². The Labute approximate surface area is 179 Å². The number of anilines is 1. The van der Waals surface area contributed by atoms with Crippen LogP contribution in [0.25, 0.3) is 11.2 Å². The Morgan fingerprint density at radius 2 is 2.00 bits per heavy atom. The average molecular weight is 448 g/mol. The summed E-state index contributed by atoms with van der Waals surface area (Å²) in [7, 11) is 0. The molecule has 2 N–H and O–H groups in total. The third-order valence-electron chi connectivity index (χ3n) is 5.28. The Morgan fingerprint density at radius 3 is 2.77 bits per heavy atom. The van der Waals surface area contributed by atoms with Gasteiger partial charge in [0.05, 0.1) is 17.5 Å². The van der Waals surface area contributed by atoms with Crippen LogP contribution in [0, 0.1) is 0 Å². The van der Waals surface area contributed by atoms with Crippen molar-refractivity contribution in [1.82, 2.24) is 19.5 Å². The van der Waals surface area contributed by atoms with Crippen molar-refractivity contribution in [2.24, 2.45) is 0 Å². The van der Waals surface area contributed by atoms with E-state index in [1.54, 1.807) is 0 Å². The van der Waals surface area contributed by atoms with Crippen LogP contribution in [0.1, 0.15) is 33.9 Å². The summed E-state index contributed by atoms with van der Waals surface area (Å²) in [4.78, 5) is 37.0. The van der Waals surface area contributed by atoms with Crippen LogP contribution in [-0.4, -0.2) is 55.9 Å². The van der Waals surface area contributed by atoms with Crippen LogP contribution in [0.3, 0.4) is 0 Å². The highest BCUT2D eigenvalue weighted by Crippen LogP contribution is 2.44. The van der Waals surface area contributed by atoms with Gasteiger partial charge in [-0.3, -0.25) is 4.57 Å². The van der Waals surface area contributed by atoms with E-state index in [-0.39, 0.29) is 40.0 Å². The van der Waals surface area contributed by atoms with Crippen LogP contribution < -0.4 is 5.73 Å². The Morgan fingerprint density at radius 1 is 1.26 bits per heavy atom. The zero-order chi connectivity index (χ0) is 21.9. The van der Waals surface area contributed by atoms with Crippen LogP contribution in [0.2, 0.25) is 5.15 Å². The molecule has 0 amide bonds. The largest absolute Gasteiger partial charge is 0.459 e. The zero-order valence-corrected chi connectivity index (χ0v) is 16.7. The quantitative estimate of drug-likeness (QED) is 0.439. The number of alkyl halides is 1. The summed E-state index contributed by atoms with van der Waals surface area (Å²) in [6.07, 6.45) is -2.51. The molecule has 0 saturated carbocycles. The number of ether oxygens (including phenoxy) is 3. The van der Waals surface area contributed by atoms with Crippen molar-refractivity contribution in [2.75, 3.05) is 12.3 Å². The van der Waals surface area contributed by atoms with Crippen LogP contribution >= 0.6 is 11.6 Å². The number of hydrogen-bond acceptors (Lipinski definition) is 9. The molecule has 5 rings (SSSR count). The second-order valence-corrected chi connectivity index (χ2v) is 7.74. The Balaban J connectivity index is 1.56. The highest BCUT2D eigenvalue weighted by Gasteiger charge is 2.58. The maximum absolute atomic E-state index is 16.1. The standard InChI is InChI=1S/C19H15ClFN5O5/c1-19(21)12-10(6-29-15(27)8-3-2-4-9(5-8)16(28)31-12)30-17(19)26-7-23-11-13(20)24-18(22)25-14(11)26/h2-5,7,10,12,17H,6H2,1H3,(H2,22,24,25)/t10-,12-,17-,19-/m1/s1. The fourth-order valence-corrected chi connectivity index (χ4v) is 4.02. The van der Waals surface area contributed by atoms with E-state index >= 15 is 4.39 Å². The van der Waals surface area contributed by atoms with Crippen molar-refractivity contribution < 1.29 is 28.2 Å². The second kappa shape index (κ2) is 6.86. The number of nitrogen functional groups attached to an aromatic ring is 1. The average Bonchev–Trinajstić information content (AvgIpc) is 3.24. The van der Waals surface area contributed by atoms with E-state index in [2.05, 4.69) is 15.0 Å². The number of carbonyl (C=O) groups excluding carboxylic acids is 2. The minimum atomic E-state index is -2.25. The number of halogens is 2. The molecule has 10 nitrogen and oxygen atoms in total. The fourth-order valence-electron chi connectivity index (χ4n) is 3.80. The van der Waals surface area contributed by atoms with Gasteiger partial charge in [-0.15, -0.1) is 0 Å². The predicted molar refractivity (Wildman–Crippen MR) is 104 cm³/mol. The molecule has 2 aliphatic heterocycles. The summed E-state index contributed by atoms with van der Waals surface area (Å²) >= 11 is 6.06. The van der Waals surface area contributed by atoms with E-state index in [4.69, 9.17) is 31.5 Å². The van der Waals surface area contributed by atoms with E-state index in [0.29, 0.717) is 0 Å². The molecule has 3 aromatic rings. The summed E-state index contributed by atoms with van der Waals surface area (Å²) in [5.74, 6) is -1.58. The SMILES string of the molecule is C[C@@]1(F)[C@@H]2OC(=O)c3cccc(c3)C(=O)OC[C@H]2O[C@H]1n1cnc2c(Cl)nc(N)nc21. The van der Waals surface area contributed by atoms with Crippen molar-refractivity contribution in [3.05, 3.63) is 46.9 Å². The molecule has 4 atom stereocenters. The Bertz CT molecular complexity index is 1230. The lowest BCUT2D eigenvalue weighted by atomic mass is 9.97. The third-order valence-corrected chi connectivity index (χ3v) is 5.54. The number of nitrogens with two attached hydrogens (primary N) is 1. The molecule has 0 unspecified atom stereocenters. The number of cyclic esters (lactones) is 1. The summed E-state index contributed by atoms with van der Waals surface area (Å²) in [5.41, 5.74) is 4.03. The molecule has 31 heavy (non-hydrogen) atoms. The number of esters is 2. The van der Waals surface area contributed by atoms with E-state index < -0.39 is 36.0 Å². The normalized spacial score (nSPS) is 28.2. The molecule has 1 aromatic carbocycles. The lowest BCUT2D eigenvalue weighted by Gasteiger charge is -2.28. The van der Waals surface area contributed by atoms with Gasteiger partial charge >= 0.3 is 11.9 Å². The van der Waals surface area contributed by atoms with Gasteiger partial charge in [0.2, 0.25) is 5.95 Å². The molecule has 0 spiro atoms. The van der Waals surface area contributed by atoms with Gasteiger partial charge in [0, 0.05) is 0 Å². The fraction of sp³-hybridized carbons (Fsp3) is 0.316. The molecule has 2 aliphatic rings. The molecule has 12 heteroatoms. The number of rotatable bonds is 1. The van der Waals surface area contributed by atoms with Crippen LogP contribution in [0.5, 0.6) is 0 Å². The molecule has 1 saturated heterocycles. The Kier molecular flexibility index (Phi) is 4.34. The maximum Gasteiger partial charge on any atom is 0.338 e. The van der Waals surface area contributed by atoms with Gasteiger partial charge in [0.1, 0.15) is 18.2 Å². The lowest BCUT2D eigenvalue weighted by Crippen LogP contribution is -2.44. The topological polar surface area (TPSA) is 131 Å². The molecule has 2 bridgehead atoms. The smallest absolute Gasteiger partial charge is 0.338 e. The zero-order valence-electron chi connectivity index (χ0n) is 16.0. The molecule has 4 heterocycles. The van der Waals surface area contributed by atoms with Gasteiger partial charge in [-0.05, 0) is 25.1 Å². The van der Waals surface area contributed by atoms with Gasteiger partial charge in [-0.25, -0.2) is 19.0 Å². The minimum absolute atomic E-state index is 0.00145. The first kappa shape index (κ1) is 19.6. The summed E-state index contributed by atoms with van der Waals surface area (Å²) < 4.78 is 34.0. The van der Waals surface area contributed by atoms with E-state index in [0.717, 1.165) is 0 Å². The van der Waals surface area contributed by atoms with Crippen molar-refractivity contribution in [3.63, 3.8) is 0 Å². The molecule has 0 radical (unpaired) electrons. The first-order valence-corrected chi connectivity index (χ1v) is 9.61. The molecule has 2 aromatic heterocycles. The number of hydrogen-bond donors (Lipinski definition) is 1. The number of benzene rings is 1. The van der Waals surface area contributed by atoms with E-state index in [1.165, 1.54) is 42.1 Å². The number of imidazole rings is 1. The summed E-state index contributed by atoms with van der Waals surface area (Å²) in [5, 5.41) is -0.00145. The molecular formula is C19H15ClFN5O5. The first-order valence-electron chi connectivity index (χ1n) is 9.24. The molecule has 1 fully saturated rings. The van der Waals surface area contributed by atoms with Crippen molar-refractivity contribution >= 4 is 40.7 Å². The summed E-state index contributed by atoms with van der Waals surface area (Å²) in [6, 6.07) is 5.81. The second-order valence-electron chi connectivity index (χ2n) is 7.38. The van der Waals surface area contributed by atoms with Crippen molar-refractivity contribution in [1.29, 1.82) is 0 Å². The van der Waals surface area contributed by atoms with Crippen LogP contribution in [0.4, 0.5) is 10.3 Å². The number of fused-ring (bicyclic) bond motifs is 4. The first-order chi connectivity index (χ1) is 14.8. The summed E-state index contributed by atoms with van der Waals surface area (Å²) in [6.45, 7) is 0.888. The number of nitrogens with zero attached hydrogens (tertiary/aromatic N) is 4. The van der Waals surface area contributed by atoms with Crippen LogP contribution in [0.15, 0.2) is 30.6 Å². The maximum atomic E-state index is 16.1. The third kappa shape index (κ3) is 3.08. The molecule has 160 valence electrons. The van der Waals surface area contributed by atoms with Crippen LogP contribution in [-0.2, 0) is 14.2 Å². The van der Waals surface area contributed by atoms with Crippen molar-refractivity contribution in [3.8, 4) is 0 Å². The molecule has 0 aliphatic carbocycles. The molecular weight excluding hydrogens is 433 g/mol. The predicted octanol–water partition coefficient (Wildman–Crippen LogP) is 2.08. The monoisotopic (exact) mass is 447 g/mol. The van der Waals surface area contributed by atoms with Gasteiger partial charge < -0.3 is 19.9 Å². The van der Waals surface area contributed by atoms with E-state index in [1.807, 2.05) is 0 Å². The van der Waals surface area contributed by atoms with E-state index in [9.17, 15) is 9.59 Å². The lowest BCUT2D eigenvalue weighted by molar-refractivity contribution is -0.0612. The van der Waals surface area contributed by atoms with Gasteiger partial charge in [-0.2, -0.15) is 9.97 Å².